The molecule has 8 heteroatoms. The molecule has 2 rings (SSSR count). The number of hydrazine groups is 1. The van der Waals surface area contributed by atoms with Crippen molar-refractivity contribution in [3.63, 3.8) is 0 Å². The van der Waals surface area contributed by atoms with E-state index in [0.717, 1.165) is 12.8 Å². The molecule has 3 N–H and O–H groups in total. The van der Waals surface area contributed by atoms with Gasteiger partial charge >= 0.3 is 0 Å². The third-order valence-corrected chi connectivity index (χ3v) is 4.30. The van der Waals surface area contributed by atoms with Crippen LogP contribution in [0.5, 0.6) is 5.75 Å². The van der Waals surface area contributed by atoms with Crippen LogP contribution in [0, 0.1) is 0 Å². The van der Waals surface area contributed by atoms with Crippen molar-refractivity contribution in [2.75, 3.05) is 25.1 Å². The van der Waals surface area contributed by atoms with Gasteiger partial charge in [0.05, 0.1) is 12.2 Å². The number of carbonyl (C=O) groups is 3. The number of hydrogen-bond donors (Lipinski definition) is 3. The van der Waals surface area contributed by atoms with E-state index in [1.165, 1.54) is 0 Å². The number of unbranched alkanes of at least 4 members (excludes halogenated alkanes) is 1. The average molecular weight is 428 g/mol. The third kappa shape index (κ3) is 8.10. The second-order valence-corrected chi connectivity index (χ2v) is 6.68. The molecule has 31 heavy (non-hydrogen) atoms. The molecule has 0 fully saturated rings. The number of carbonyl (C=O) groups excluding carboxylic acids is 3. The number of amides is 3. The molecule has 0 aliphatic rings. The summed E-state index contributed by atoms with van der Waals surface area (Å²) in [5, 5.41) is 2.78. The number of rotatable bonds is 11. The predicted molar refractivity (Wildman–Crippen MR) is 118 cm³/mol. The van der Waals surface area contributed by atoms with Gasteiger partial charge in [-0.2, -0.15) is 0 Å². The molecular formula is C23H29N3O5. The van der Waals surface area contributed by atoms with Gasteiger partial charge in [-0.05, 0) is 49.7 Å². The van der Waals surface area contributed by atoms with Crippen molar-refractivity contribution < 1.29 is 23.9 Å². The lowest BCUT2D eigenvalue weighted by atomic mass is 10.2. The summed E-state index contributed by atoms with van der Waals surface area (Å²) in [7, 11) is 0. The smallest absolute Gasteiger partial charge is 0.273 e. The molecule has 0 radical (unpaired) electrons. The van der Waals surface area contributed by atoms with E-state index in [4.69, 9.17) is 9.47 Å². The highest BCUT2D eigenvalue weighted by Crippen LogP contribution is 2.17. The van der Waals surface area contributed by atoms with Crippen LogP contribution in [0.1, 0.15) is 53.8 Å². The first-order valence-electron chi connectivity index (χ1n) is 10.3. The second-order valence-electron chi connectivity index (χ2n) is 6.68. The van der Waals surface area contributed by atoms with Crippen molar-refractivity contribution in [3.8, 4) is 5.75 Å². The number of benzene rings is 2. The zero-order valence-corrected chi connectivity index (χ0v) is 17.9. The highest BCUT2D eigenvalue weighted by Gasteiger charge is 2.14. The van der Waals surface area contributed by atoms with E-state index in [1.54, 1.807) is 48.5 Å². The van der Waals surface area contributed by atoms with E-state index in [9.17, 15) is 14.4 Å². The Morgan fingerprint density at radius 2 is 1.58 bits per heavy atom. The monoisotopic (exact) mass is 427 g/mol. The molecular weight excluding hydrogens is 398 g/mol. The molecule has 8 nitrogen and oxygen atoms in total. The van der Waals surface area contributed by atoms with Gasteiger partial charge in [0, 0.05) is 24.3 Å². The number of para-hydroxylation sites is 1. The Bertz CT molecular complexity index is 868. The summed E-state index contributed by atoms with van der Waals surface area (Å²) in [6, 6.07) is 13.2. The Balaban J connectivity index is 1.88. The molecule has 0 heterocycles. The topological polar surface area (TPSA) is 106 Å². The maximum atomic E-state index is 12.5. The van der Waals surface area contributed by atoms with E-state index in [1.807, 2.05) is 13.8 Å². The lowest BCUT2D eigenvalue weighted by Crippen LogP contribution is -2.41. The molecule has 0 bridgehead atoms. The summed E-state index contributed by atoms with van der Waals surface area (Å²) in [5.41, 5.74) is 6.02. The largest absolute Gasteiger partial charge is 0.490 e. The van der Waals surface area contributed by atoms with E-state index < -0.39 is 11.8 Å². The van der Waals surface area contributed by atoms with Crippen LogP contribution < -0.4 is 20.9 Å². The Morgan fingerprint density at radius 1 is 0.871 bits per heavy atom. The van der Waals surface area contributed by atoms with Crippen molar-refractivity contribution in [2.45, 2.75) is 33.1 Å². The quantitative estimate of drug-likeness (QED) is 0.377. The van der Waals surface area contributed by atoms with Crippen molar-refractivity contribution in [1.29, 1.82) is 0 Å². The fourth-order valence-corrected chi connectivity index (χ4v) is 2.65. The van der Waals surface area contributed by atoms with Gasteiger partial charge in [-0.1, -0.05) is 25.5 Å². The number of anilines is 1. The van der Waals surface area contributed by atoms with Crippen LogP contribution in [0.25, 0.3) is 0 Å². The normalized spacial score (nSPS) is 10.3. The van der Waals surface area contributed by atoms with Crippen LogP contribution in [-0.2, 0) is 9.53 Å². The molecule has 0 aliphatic heterocycles. The fourth-order valence-electron chi connectivity index (χ4n) is 2.65. The Hall–Kier alpha value is -3.39. The highest BCUT2D eigenvalue weighted by molar-refractivity contribution is 6.00. The van der Waals surface area contributed by atoms with Gasteiger partial charge in [-0.3, -0.25) is 25.2 Å². The van der Waals surface area contributed by atoms with Crippen LogP contribution in [0.4, 0.5) is 5.69 Å². The number of ether oxygens (including phenoxy) is 2. The van der Waals surface area contributed by atoms with E-state index in [2.05, 4.69) is 16.2 Å². The summed E-state index contributed by atoms with van der Waals surface area (Å²) >= 11 is 0. The zero-order valence-electron chi connectivity index (χ0n) is 17.9. The maximum Gasteiger partial charge on any atom is 0.273 e. The summed E-state index contributed by atoms with van der Waals surface area (Å²) in [6.45, 7) is 5.22. The van der Waals surface area contributed by atoms with Gasteiger partial charge in [0.25, 0.3) is 11.8 Å². The van der Waals surface area contributed by atoms with E-state index in [0.29, 0.717) is 48.8 Å². The average Bonchev–Trinajstić information content (AvgIpc) is 2.79. The summed E-state index contributed by atoms with van der Waals surface area (Å²) in [5.74, 6) is -0.641. The van der Waals surface area contributed by atoms with Crippen LogP contribution in [0.15, 0.2) is 48.5 Å². The summed E-state index contributed by atoms with van der Waals surface area (Å²) < 4.78 is 10.8. The molecule has 0 atom stereocenters. The van der Waals surface area contributed by atoms with E-state index >= 15 is 0 Å². The van der Waals surface area contributed by atoms with Crippen molar-refractivity contribution in [3.05, 3.63) is 59.7 Å². The van der Waals surface area contributed by atoms with Crippen molar-refractivity contribution in [2.24, 2.45) is 0 Å². The summed E-state index contributed by atoms with van der Waals surface area (Å²) in [4.78, 5) is 36.6. The predicted octanol–water partition coefficient (Wildman–Crippen LogP) is 3.31. The maximum absolute atomic E-state index is 12.5. The molecule has 0 aliphatic carbocycles. The minimum Gasteiger partial charge on any atom is -0.490 e. The van der Waals surface area contributed by atoms with Gasteiger partial charge in [-0.15, -0.1) is 0 Å². The standard InChI is InChI=1S/C23H29N3O5/c1-3-5-10-21(27)24-18-13-11-17(12-14-18)22(28)25-26-23(29)19-8-6-7-9-20(19)31-16-15-30-4-2/h6-9,11-14H,3-5,10,15-16H2,1-2H3,(H,24,27)(H,25,28)(H,26,29). The number of nitrogens with one attached hydrogen (secondary N) is 3. The molecule has 2 aromatic carbocycles. The molecule has 0 spiro atoms. The Kier molecular flexibility index (Phi) is 10.0. The first-order chi connectivity index (χ1) is 15.0. The molecule has 0 unspecified atom stereocenters. The van der Waals surface area contributed by atoms with Gasteiger partial charge in [0.2, 0.25) is 5.91 Å². The second kappa shape index (κ2) is 13.0. The SMILES string of the molecule is CCCCC(=O)Nc1ccc(C(=O)NNC(=O)c2ccccc2OCCOCC)cc1. The van der Waals surface area contributed by atoms with Gasteiger partial charge < -0.3 is 14.8 Å². The van der Waals surface area contributed by atoms with Crippen molar-refractivity contribution >= 4 is 23.4 Å². The zero-order chi connectivity index (χ0) is 22.5. The fraction of sp³-hybridized carbons (Fsp3) is 0.348. The summed E-state index contributed by atoms with van der Waals surface area (Å²) in [6.07, 6.45) is 2.23. The minimum absolute atomic E-state index is 0.0616. The lowest BCUT2D eigenvalue weighted by Gasteiger charge is -2.12. The first kappa shape index (κ1) is 23.9. The molecule has 2 aromatic rings. The molecule has 0 saturated heterocycles. The van der Waals surface area contributed by atoms with Crippen LogP contribution in [-0.4, -0.2) is 37.5 Å². The van der Waals surface area contributed by atoms with Crippen LogP contribution in [0.3, 0.4) is 0 Å². The first-order valence-corrected chi connectivity index (χ1v) is 10.3. The van der Waals surface area contributed by atoms with E-state index in [-0.39, 0.29) is 5.91 Å². The minimum atomic E-state index is -0.500. The van der Waals surface area contributed by atoms with Crippen molar-refractivity contribution in [1.82, 2.24) is 10.9 Å². The lowest BCUT2D eigenvalue weighted by molar-refractivity contribution is -0.116. The van der Waals surface area contributed by atoms with Crippen LogP contribution in [0.2, 0.25) is 0 Å². The number of hydrogen-bond acceptors (Lipinski definition) is 5. The Labute approximate surface area is 182 Å². The molecule has 0 saturated carbocycles. The molecule has 0 aromatic heterocycles. The molecule has 3 amide bonds. The van der Waals surface area contributed by atoms with Gasteiger partial charge in [0.1, 0.15) is 12.4 Å². The highest BCUT2D eigenvalue weighted by atomic mass is 16.5. The van der Waals surface area contributed by atoms with Crippen LogP contribution >= 0.6 is 0 Å². The third-order valence-electron chi connectivity index (χ3n) is 4.30. The Morgan fingerprint density at radius 3 is 2.29 bits per heavy atom. The molecule has 166 valence electrons. The van der Waals surface area contributed by atoms with Gasteiger partial charge in [-0.25, -0.2) is 0 Å². The van der Waals surface area contributed by atoms with Gasteiger partial charge in [0.15, 0.2) is 0 Å².